The van der Waals surface area contributed by atoms with Crippen molar-refractivity contribution < 1.29 is 33.0 Å². The molecule has 2 aliphatic heterocycles. The number of nitrogens with one attached hydrogen (secondary N) is 4. The Morgan fingerprint density at radius 1 is 1.06 bits per heavy atom. The molecule has 5 rings (SSSR count). The fraction of sp³-hybridized carbons (Fsp3) is 0.531. The lowest BCUT2D eigenvalue weighted by molar-refractivity contribution is -0.149. The minimum atomic E-state index is -3.92. The third-order valence-corrected chi connectivity index (χ3v) is 12.0. The van der Waals surface area contributed by atoms with Crippen LogP contribution in [-0.4, -0.2) is 72.2 Å². The summed E-state index contributed by atoms with van der Waals surface area (Å²) in [6, 6.07) is 7.64. The molecule has 1 saturated carbocycles. The first kappa shape index (κ1) is 35.4. The maximum atomic E-state index is 13.2. The lowest BCUT2D eigenvalue weighted by Crippen LogP contribution is -2.53. The number of halogens is 1. The molecular formula is C32H42ClN5O7S2. The number of likely N-dealkylation sites (tertiary alicyclic amines) is 1. The molecule has 1 saturated heterocycles. The third-order valence-electron chi connectivity index (χ3n) is 9.16. The normalized spacial score (nSPS) is 21.2. The molecular weight excluding hydrogens is 666 g/mol. The molecule has 2 unspecified atom stereocenters. The molecule has 1 aliphatic carbocycles. The summed E-state index contributed by atoms with van der Waals surface area (Å²) in [5, 5.41) is 25.6. The predicted octanol–water partition coefficient (Wildman–Crippen LogP) is 4.19. The van der Waals surface area contributed by atoms with Gasteiger partial charge in [0.1, 0.15) is 17.0 Å². The first-order chi connectivity index (χ1) is 22.4. The Bertz CT molecular complexity index is 1570. The van der Waals surface area contributed by atoms with E-state index in [2.05, 4.69) is 20.1 Å². The van der Waals surface area contributed by atoms with Crippen molar-refractivity contribution in [3.05, 3.63) is 52.5 Å². The summed E-state index contributed by atoms with van der Waals surface area (Å²) >= 11 is 7.88. The van der Waals surface area contributed by atoms with E-state index in [1.54, 1.807) is 43.3 Å². The molecule has 2 heterocycles. The van der Waals surface area contributed by atoms with Crippen LogP contribution >= 0.6 is 23.5 Å². The summed E-state index contributed by atoms with van der Waals surface area (Å²) in [5.41, 5.74) is 2.37. The number of amides is 1. The van der Waals surface area contributed by atoms with E-state index in [1.807, 2.05) is 0 Å². The number of benzene rings is 2. The standard InChI is InChI=1S/C32H42ClN5O7S2/c1-19(30(39)38-14-4-7-26(38)32(42)43)35-24(31(40)41)13-12-20-8-10-22(11-9-20)18-34-47(44,45)28-17-27-25(16-23(28)33)36-29(37-46-27)15-21-5-2-3-6-21/h8-11,16-17,19,21,24,26,29,34-37H,2-7,12-15,18H2,1H3,(H,40,41)(H,42,43)/t19-,24?,26-,29?/m0/s1. The number of carboxylic acid groups (broad SMARTS) is 2. The Morgan fingerprint density at radius 3 is 2.45 bits per heavy atom. The molecule has 47 heavy (non-hydrogen) atoms. The summed E-state index contributed by atoms with van der Waals surface area (Å²) in [7, 11) is -3.92. The fourth-order valence-electron chi connectivity index (χ4n) is 6.55. The van der Waals surface area contributed by atoms with E-state index in [4.69, 9.17) is 11.6 Å². The quantitative estimate of drug-likeness (QED) is 0.155. The van der Waals surface area contributed by atoms with E-state index in [-0.39, 0.29) is 29.0 Å². The average Bonchev–Trinajstić information content (AvgIpc) is 3.74. The van der Waals surface area contributed by atoms with Crippen molar-refractivity contribution in [1.29, 1.82) is 0 Å². The number of carboxylic acids is 2. The van der Waals surface area contributed by atoms with E-state index < -0.39 is 46.0 Å². The molecule has 1 amide bonds. The number of hydrogen-bond acceptors (Lipinski definition) is 9. The summed E-state index contributed by atoms with van der Waals surface area (Å²) in [6.45, 7) is 1.91. The number of aryl methyl sites for hydroxylation is 1. The van der Waals surface area contributed by atoms with Gasteiger partial charge in [-0.25, -0.2) is 22.7 Å². The largest absolute Gasteiger partial charge is 0.480 e. The minimum Gasteiger partial charge on any atom is -0.480 e. The lowest BCUT2D eigenvalue weighted by Gasteiger charge is -2.29. The molecule has 2 aromatic carbocycles. The van der Waals surface area contributed by atoms with Crippen LogP contribution in [0.2, 0.25) is 5.02 Å². The van der Waals surface area contributed by atoms with Crippen molar-refractivity contribution in [1.82, 2.24) is 19.7 Å². The van der Waals surface area contributed by atoms with Gasteiger partial charge in [0.2, 0.25) is 15.9 Å². The highest BCUT2D eigenvalue weighted by atomic mass is 35.5. The van der Waals surface area contributed by atoms with E-state index in [1.165, 1.54) is 42.5 Å². The molecule has 2 aromatic rings. The van der Waals surface area contributed by atoms with Crippen LogP contribution < -0.4 is 20.1 Å². The molecule has 0 aromatic heterocycles. The van der Waals surface area contributed by atoms with Crippen molar-refractivity contribution in [3.8, 4) is 0 Å². The van der Waals surface area contributed by atoms with Gasteiger partial charge in [0.25, 0.3) is 0 Å². The lowest BCUT2D eigenvalue weighted by atomic mass is 10.0. The monoisotopic (exact) mass is 707 g/mol. The minimum absolute atomic E-state index is 0.00279. The van der Waals surface area contributed by atoms with Crippen molar-refractivity contribution in [2.75, 3.05) is 11.9 Å². The van der Waals surface area contributed by atoms with Crippen molar-refractivity contribution in [3.63, 3.8) is 0 Å². The summed E-state index contributed by atoms with van der Waals surface area (Å²) in [5.74, 6) is -1.91. The van der Waals surface area contributed by atoms with E-state index in [0.29, 0.717) is 37.3 Å². The van der Waals surface area contributed by atoms with Gasteiger partial charge in [-0.3, -0.25) is 14.9 Å². The molecule has 6 N–H and O–H groups in total. The van der Waals surface area contributed by atoms with Crippen LogP contribution in [0.3, 0.4) is 0 Å². The molecule has 2 fully saturated rings. The van der Waals surface area contributed by atoms with Gasteiger partial charge in [0.15, 0.2) is 0 Å². The molecule has 4 atom stereocenters. The number of nitrogens with zero attached hydrogens (tertiary/aromatic N) is 1. The molecule has 0 bridgehead atoms. The van der Waals surface area contributed by atoms with E-state index in [0.717, 1.165) is 22.6 Å². The molecule has 0 radical (unpaired) electrons. The highest BCUT2D eigenvalue weighted by Crippen LogP contribution is 2.38. The Labute approximate surface area is 284 Å². The fourth-order valence-corrected chi connectivity index (χ4v) is 9.03. The first-order valence-corrected chi connectivity index (χ1v) is 18.7. The van der Waals surface area contributed by atoms with Gasteiger partial charge in [-0.2, -0.15) is 0 Å². The first-order valence-electron chi connectivity index (χ1n) is 16.0. The van der Waals surface area contributed by atoms with Crippen LogP contribution in [0, 0.1) is 5.92 Å². The van der Waals surface area contributed by atoms with E-state index >= 15 is 0 Å². The zero-order valence-corrected chi connectivity index (χ0v) is 28.6. The Hall–Kier alpha value is -2.88. The van der Waals surface area contributed by atoms with Gasteiger partial charge in [0.05, 0.1) is 22.9 Å². The van der Waals surface area contributed by atoms with Gasteiger partial charge in [-0.05, 0) is 80.2 Å². The second-order valence-corrected chi connectivity index (χ2v) is 15.6. The maximum absolute atomic E-state index is 13.2. The van der Waals surface area contributed by atoms with Gasteiger partial charge in [0, 0.05) is 18.0 Å². The SMILES string of the molecule is C[C@H](NC(CCc1ccc(CNS(=O)(=O)c2cc3c(cc2Cl)NC(CC2CCCC2)NS3)cc1)C(=O)O)C(=O)N1CCC[C@H]1C(=O)O. The molecule has 0 spiro atoms. The zero-order chi connectivity index (χ0) is 33.7. The topological polar surface area (TPSA) is 177 Å². The van der Waals surface area contributed by atoms with Crippen LogP contribution in [0.4, 0.5) is 5.69 Å². The van der Waals surface area contributed by atoms with Gasteiger partial charge < -0.3 is 20.4 Å². The molecule has 15 heteroatoms. The number of rotatable bonds is 14. The average molecular weight is 708 g/mol. The van der Waals surface area contributed by atoms with Crippen LogP contribution in [-0.2, 0) is 37.4 Å². The van der Waals surface area contributed by atoms with Crippen LogP contribution in [0.15, 0.2) is 46.2 Å². The second kappa shape index (κ2) is 15.6. The zero-order valence-electron chi connectivity index (χ0n) is 26.2. The Morgan fingerprint density at radius 2 is 1.77 bits per heavy atom. The number of anilines is 1. The van der Waals surface area contributed by atoms with Gasteiger partial charge in [-0.15, -0.1) is 0 Å². The van der Waals surface area contributed by atoms with Crippen molar-refractivity contribution in [2.24, 2.45) is 5.92 Å². The number of fused-ring (bicyclic) bond motifs is 1. The molecule has 256 valence electrons. The highest BCUT2D eigenvalue weighted by Gasteiger charge is 2.37. The highest BCUT2D eigenvalue weighted by molar-refractivity contribution is 7.97. The summed E-state index contributed by atoms with van der Waals surface area (Å²) in [6.07, 6.45) is 7.71. The maximum Gasteiger partial charge on any atom is 0.326 e. The van der Waals surface area contributed by atoms with Gasteiger partial charge in [-0.1, -0.05) is 61.5 Å². The number of aliphatic carboxylic acids is 2. The summed E-state index contributed by atoms with van der Waals surface area (Å²) in [4.78, 5) is 38.3. The Balaban J connectivity index is 1.12. The number of sulfonamides is 1. The van der Waals surface area contributed by atoms with Crippen molar-refractivity contribution >= 4 is 57.1 Å². The van der Waals surface area contributed by atoms with Gasteiger partial charge >= 0.3 is 11.9 Å². The summed E-state index contributed by atoms with van der Waals surface area (Å²) < 4.78 is 32.5. The van der Waals surface area contributed by atoms with E-state index in [9.17, 15) is 33.0 Å². The predicted molar refractivity (Wildman–Crippen MR) is 180 cm³/mol. The Kier molecular flexibility index (Phi) is 11.7. The van der Waals surface area contributed by atoms with Crippen molar-refractivity contribution in [2.45, 2.75) is 105 Å². The van der Waals surface area contributed by atoms with Crippen LogP contribution in [0.25, 0.3) is 0 Å². The molecule has 3 aliphatic rings. The number of hydrogen-bond donors (Lipinski definition) is 6. The van der Waals surface area contributed by atoms with Crippen LogP contribution in [0.1, 0.15) is 69.4 Å². The smallest absolute Gasteiger partial charge is 0.326 e. The van der Waals surface area contributed by atoms with Crippen LogP contribution in [0.5, 0.6) is 0 Å². The molecule has 12 nitrogen and oxygen atoms in total. The number of carbonyl (C=O) groups is 3. The third kappa shape index (κ3) is 8.98. The number of carbonyl (C=O) groups excluding carboxylic acids is 1. The second-order valence-electron chi connectivity index (χ2n) is 12.6.